The second-order valence-electron chi connectivity index (χ2n) is 4.80. The second-order valence-corrected chi connectivity index (χ2v) is 4.80. The van der Waals surface area contributed by atoms with Gasteiger partial charge in [-0.05, 0) is 35.9 Å². The van der Waals surface area contributed by atoms with Gasteiger partial charge in [0.2, 0.25) is 0 Å². The molecule has 0 saturated heterocycles. The number of benzene rings is 2. The highest BCUT2D eigenvalue weighted by atomic mass is 16.5. The van der Waals surface area contributed by atoms with Crippen molar-refractivity contribution in [1.82, 2.24) is 14.8 Å². The molecule has 5 nitrogen and oxygen atoms in total. The third-order valence-electron chi connectivity index (χ3n) is 3.21. The highest BCUT2D eigenvalue weighted by molar-refractivity contribution is 5.89. The van der Waals surface area contributed by atoms with Crippen molar-refractivity contribution in [2.45, 2.75) is 0 Å². The summed E-state index contributed by atoms with van der Waals surface area (Å²) in [6.07, 6.45) is 6.79. The summed E-state index contributed by atoms with van der Waals surface area (Å²) in [5.74, 6) is -0.354. The van der Waals surface area contributed by atoms with Gasteiger partial charge in [0.05, 0.1) is 11.3 Å². The maximum absolute atomic E-state index is 12.0. The molecule has 1 aromatic heterocycles. The minimum Gasteiger partial charge on any atom is -0.458 e. The molecule has 0 bridgehead atoms. The Morgan fingerprint density at radius 3 is 2.57 bits per heavy atom. The van der Waals surface area contributed by atoms with Crippen LogP contribution in [0.1, 0.15) is 15.9 Å². The number of hydrogen-bond donors (Lipinski definition) is 0. The lowest BCUT2D eigenvalue weighted by Gasteiger charge is -2.04. The number of aromatic nitrogens is 3. The van der Waals surface area contributed by atoms with Crippen molar-refractivity contribution in [1.29, 1.82) is 0 Å². The highest BCUT2D eigenvalue weighted by Gasteiger charge is 2.06. The average molecular weight is 305 g/mol. The van der Waals surface area contributed by atoms with Crippen LogP contribution in [-0.2, 0) is 4.74 Å². The molecule has 0 fully saturated rings. The van der Waals surface area contributed by atoms with Crippen molar-refractivity contribution in [3.8, 4) is 5.69 Å². The van der Waals surface area contributed by atoms with Crippen LogP contribution in [-0.4, -0.2) is 27.3 Å². The van der Waals surface area contributed by atoms with Crippen LogP contribution >= 0.6 is 0 Å². The fraction of sp³-hybridized carbons (Fsp3) is 0.0556. The number of hydrogen-bond acceptors (Lipinski definition) is 4. The van der Waals surface area contributed by atoms with Crippen LogP contribution < -0.4 is 0 Å². The summed E-state index contributed by atoms with van der Waals surface area (Å²) in [5.41, 5.74) is 2.41. The van der Waals surface area contributed by atoms with Gasteiger partial charge in [0.15, 0.2) is 0 Å². The molecule has 23 heavy (non-hydrogen) atoms. The first-order chi connectivity index (χ1) is 11.3. The van der Waals surface area contributed by atoms with Crippen LogP contribution in [0.4, 0.5) is 0 Å². The summed E-state index contributed by atoms with van der Waals surface area (Å²) in [6, 6.07) is 16.9. The molecule has 2 aromatic carbocycles. The van der Waals surface area contributed by atoms with E-state index in [4.69, 9.17) is 4.74 Å². The van der Waals surface area contributed by atoms with Crippen LogP contribution in [0.2, 0.25) is 0 Å². The maximum Gasteiger partial charge on any atom is 0.338 e. The van der Waals surface area contributed by atoms with Gasteiger partial charge in [0.1, 0.15) is 19.3 Å². The SMILES string of the molecule is O=C(OC/C=C/c1ccccc1)c1ccc(-n2cncn2)cc1. The predicted molar refractivity (Wildman–Crippen MR) is 87.1 cm³/mol. The number of carbonyl (C=O) groups excluding carboxylic acids is 1. The molecule has 3 aromatic rings. The Bertz CT molecular complexity index is 779. The van der Waals surface area contributed by atoms with Crippen LogP contribution in [0.5, 0.6) is 0 Å². The molecule has 0 saturated carbocycles. The normalized spacial score (nSPS) is 10.8. The maximum atomic E-state index is 12.0. The van der Waals surface area contributed by atoms with E-state index < -0.39 is 0 Å². The molecule has 0 spiro atoms. The summed E-state index contributed by atoms with van der Waals surface area (Å²) >= 11 is 0. The van der Waals surface area contributed by atoms with Crippen molar-refractivity contribution in [2.24, 2.45) is 0 Å². The van der Waals surface area contributed by atoms with E-state index in [1.165, 1.54) is 6.33 Å². The van der Waals surface area contributed by atoms with E-state index in [1.54, 1.807) is 35.3 Å². The molecule has 0 aliphatic carbocycles. The van der Waals surface area contributed by atoms with Crippen molar-refractivity contribution in [2.75, 3.05) is 6.61 Å². The fourth-order valence-corrected chi connectivity index (χ4v) is 2.05. The number of esters is 1. The topological polar surface area (TPSA) is 57.0 Å². The Balaban J connectivity index is 1.55. The minimum atomic E-state index is -0.354. The van der Waals surface area contributed by atoms with E-state index in [2.05, 4.69) is 10.1 Å². The van der Waals surface area contributed by atoms with Gasteiger partial charge < -0.3 is 4.74 Å². The molecule has 0 amide bonds. The van der Waals surface area contributed by atoms with Gasteiger partial charge in [-0.25, -0.2) is 14.5 Å². The van der Waals surface area contributed by atoms with Crippen LogP contribution in [0.15, 0.2) is 73.3 Å². The quantitative estimate of drug-likeness (QED) is 0.680. The predicted octanol–water partition coefficient (Wildman–Crippen LogP) is 3.14. The standard InChI is InChI=1S/C18H15N3O2/c22-18(23-12-4-7-15-5-2-1-3-6-15)16-8-10-17(11-9-16)21-14-19-13-20-21/h1-11,13-14H,12H2/b7-4+. The highest BCUT2D eigenvalue weighted by Crippen LogP contribution is 2.09. The number of ether oxygens (including phenoxy) is 1. The van der Waals surface area contributed by atoms with Gasteiger partial charge in [-0.2, -0.15) is 5.10 Å². The van der Waals surface area contributed by atoms with Crippen molar-refractivity contribution in [3.05, 3.63) is 84.5 Å². The van der Waals surface area contributed by atoms with E-state index in [-0.39, 0.29) is 12.6 Å². The zero-order valence-electron chi connectivity index (χ0n) is 12.4. The van der Waals surface area contributed by atoms with Crippen molar-refractivity contribution < 1.29 is 9.53 Å². The van der Waals surface area contributed by atoms with Gasteiger partial charge in [-0.1, -0.05) is 36.4 Å². The molecule has 0 aliphatic heterocycles. The summed E-state index contributed by atoms with van der Waals surface area (Å²) in [7, 11) is 0. The molecular weight excluding hydrogens is 290 g/mol. The van der Waals surface area contributed by atoms with E-state index >= 15 is 0 Å². The Morgan fingerprint density at radius 2 is 1.87 bits per heavy atom. The molecule has 0 unspecified atom stereocenters. The number of nitrogens with zero attached hydrogens (tertiary/aromatic N) is 3. The minimum absolute atomic E-state index is 0.235. The summed E-state index contributed by atoms with van der Waals surface area (Å²) in [6.45, 7) is 0.235. The summed E-state index contributed by atoms with van der Waals surface area (Å²) in [4.78, 5) is 15.8. The van der Waals surface area contributed by atoms with E-state index in [9.17, 15) is 4.79 Å². The van der Waals surface area contributed by atoms with Gasteiger partial charge in [0, 0.05) is 0 Å². The molecule has 3 rings (SSSR count). The molecule has 0 N–H and O–H groups in total. The van der Waals surface area contributed by atoms with E-state index in [0.717, 1.165) is 11.3 Å². The lowest BCUT2D eigenvalue weighted by atomic mass is 10.2. The van der Waals surface area contributed by atoms with Gasteiger partial charge in [0.25, 0.3) is 0 Å². The first kappa shape index (κ1) is 14.7. The zero-order valence-corrected chi connectivity index (χ0v) is 12.4. The second kappa shape index (κ2) is 7.17. The van der Waals surface area contributed by atoms with Crippen LogP contribution in [0, 0.1) is 0 Å². The molecular formula is C18H15N3O2. The van der Waals surface area contributed by atoms with Gasteiger partial charge in [-0.15, -0.1) is 0 Å². The summed E-state index contributed by atoms with van der Waals surface area (Å²) < 4.78 is 6.84. The first-order valence-electron chi connectivity index (χ1n) is 7.17. The largest absolute Gasteiger partial charge is 0.458 e. The molecule has 114 valence electrons. The lowest BCUT2D eigenvalue weighted by molar-refractivity contribution is 0.0550. The van der Waals surface area contributed by atoms with E-state index in [0.29, 0.717) is 5.56 Å². The first-order valence-corrected chi connectivity index (χ1v) is 7.17. The van der Waals surface area contributed by atoms with Crippen LogP contribution in [0.25, 0.3) is 11.8 Å². The average Bonchev–Trinajstić information content (AvgIpc) is 3.14. The molecule has 0 radical (unpaired) electrons. The third kappa shape index (κ3) is 3.91. The smallest absolute Gasteiger partial charge is 0.338 e. The third-order valence-corrected chi connectivity index (χ3v) is 3.21. The van der Waals surface area contributed by atoms with Crippen molar-refractivity contribution >= 4 is 12.0 Å². The Labute approximate surface area is 133 Å². The molecule has 0 atom stereocenters. The number of carbonyl (C=O) groups is 1. The fourth-order valence-electron chi connectivity index (χ4n) is 2.05. The Hall–Kier alpha value is -3.21. The van der Waals surface area contributed by atoms with Gasteiger partial charge in [-0.3, -0.25) is 0 Å². The zero-order chi connectivity index (χ0) is 15.9. The Morgan fingerprint density at radius 1 is 1.09 bits per heavy atom. The lowest BCUT2D eigenvalue weighted by Crippen LogP contribution is -2.05. The molecule has 1 heterocycles. The Kier molecular flexibility index (Phi) is 4.59. The van der Waals surface area contributed by atoms with Crippen molar-refractivity contribution in [3.63, 3.8) is 0 Å². The van der Waals surface area contributed by atoms with Crippen LogP contribution in [0.3, 0.4) is 0 Å². The summed E-state index contributed by atoms with van der Waals surface area (Å²) in [5, 5.41) is 4.03. The van der Waals surface area contributed by atoms with Gasteiger partial charge >= 0.3 is 5.97 Å². The molecule has 5 heteroatoms. The monoisotopic (exact) mass is 305 g/mol. The number of rotatable bonds is 5. The van der Waals surface area contributed by atoms with E-state index in [1.807, 2.05) is 42.5 Å². The molecule has 0 aliphatic rings.